The Morgan fingerprint density at radius 3 is 1.90 bits per heavy atom. The summed E-state index contributed by atoms with van der Waals surface area (Å²) in [5, 5.41) is 15.5. The van der Waals surface area contributed by atoms with Crippen molar-refractivity contribution in [2.75, 3.05) is 6.61 Å². The molecule has 5 nitrogen and oxygen atoms in total. The normalized spacial score (nSPS) is 6.40. The molecule has 0 aliphatic carbocycles. The average molecular weight is 170 g/mol. The standard InChI is InChI=1S/C3H4O5.Mg.Na.3H/c4-2(5)1-8-3(6)7;;;;;/h1H2,(H,4,5)(H,6,7);;;;;/q;+2;+1;3*-1. The van der Waals surface area contributed by atoms with Gasteiger partial charge >= 0.3 is 64.7 Å². The summed E-state index contributed by atoms with van der Waals surface area (Å²) in [6, 6.07) is 0. The second kappa shape index (κ2) is 9.51. The Kier molecular flexibility index (Phi) is 16.0. The van der Waals surface area contributed by atoms with Gasteiger partial charge in [-0.05, 0) is 0 Å². The van der Waals surface area contributed by atoms with Crippen molar-refractivity contribution >= 4 is 35.2 Å². The van der Waals surface area contributed by atoms with E-state index in [1.165, 1.54) is 0 Å². The van der Waals surface area contributed by atoms with Crippen LogP contribution in [0.25, 0.3) is 0 Å². The van der Waals surface area contributed by atoms with Gasteiger partial charge in [-0.3, -0.25) is 0 Å². The third kappa shape index (κ3) is 15.8. The van der Waals surface area contributed by atoms with Crippen LogP contribution in [0.5, 0.6) is 0 Å². The molecule has 0 unspecified atom stereocenters. The van der Waals surface area contributed by atoms with E-state index in [0.29, 0.717) is 0 Å². The van der Waals surface area contributed by atoms with Gasteiger partial charge in [0, 0.05) is 0 Å². The number of carboxylic acid groups (broad SMARTS) is 2. The van der Waals surface area contributed by atoms with Gasteiger partial charge in [-0.15, -0.1) is 0 Å². The van der Waals surface area contributed by atoms with Crippen molar-refractivity contribution in [2.24, 2.45) is 0 Å². The van der Waals surface area contributed by atoms with Crippen LogP contribution in [0.15, 0.2) is 0 Å². The van der Waals surface area contributed by atoms with Crippen LogP contribution in [0.3, 0.4) is 0 Å². The van der Waals surface area contributed by atoms with Crippen LogP contribution in [-0.4, -0.2) is 52.0 Å². The van der Waals surface area contributed by atoms with Crippen molar-refractivity contribution in [2.45, 2.75) is 0 Å². The van der Waals surface area contributed by atoms with E-state index in [2.05, 4.69) is 4.74 Å². The van der Waals surface area contributed by atoms with Crippen LogP contribution in [0.2, 0.25) is 0 Å². The van der Waals surface area contributed by atoms with E-state index in [0.717, 1.165) is 0 Å². The van der Waals surface area contributed by atoms with E-state index in [9.17, 15) is 9.59 Å². The second-order valence-corrected chi connectivity index (χ2v) is 0.948. The van der Waals surface area contributed by atoms with E-state index in [4.69, 9.17) is 10.2 Å². The number of ether oxygens (including phenoxy) is 1. The van der Waals surface area contributed by atoms with Crippen LogP contribution >= 0.6 is 0 Å². The van der Waals surface area contributed by atoms with Crippen molar-refractivity contribution in [3.8, 4) is 0 Å². The molecule has 0 saturated heterocycles. The van der Waals surface area contributed by atoms with Crippen LogP contribution in [0, 0.1) is 0 Å². The van der Waals surface area contributed by atoms with Crippen molar-refractivity contribution < 1.29 is 58.4 Å². The average Bonchev–Trinajstić information content (AvgIpc) is 1.61. The van der Waals surface area contributed by atoms with Crippen LogP contribution in [0.4, 0.5) is 4.79 Å². The predicted octanol–water partition coefficient (Wildman–Crippen LogP) is -3.27. The summed E-state index contributed by atoms with van der Waals surface area (Å²) in [6.45, 7) is -0.796. The summed E-state index contributed by atoms with van der Waals surface area (Å²) in [5.41, 5.74) is 0. The topological polar surface area (TPSA) is 83.8 Å². The summed E-state index contributed by atoms with van der Waals surface area (Å²) < 4.78 is 3.62. The maximum Gasteiger partial charge on any atom is 2.00 e. The molecule has 0 fully saturated rings. The van der Waals surface area contributed by atoms with Crippen molar-refractivity contribution in [1.82, 2.24) is 0 Å². The Morgan fingerprint density at radius 2 is 1.80 bits per heavy atom. The molecule has 0 spiro atoms. The van der Waals surface area contributed by atoms with Crippen LogP contribution in [0.1, 0.15) is 4.28 Å². The summed E-state index contributed by atoms with van der Waals surface area (Å²) >= 11 is 0. The molecule has 0 aliphatic heterocycles. The molecule has 0 bridgehead atoms. The number of carboxylic acids is 1. The first-order chi connectivity index (χ1) is 3.63. The zero-order valence-corrected chi connectivity index (χ0v) is 8.95. The molecule has 2 N–H and O–H groups in total. The molecule has 10 heavy (non-hydrogen) atoms. The molecule has 52 valence electrons. The summed E-state index contributed by atoms with van der Waals surface area (Å²) in [6.07, 6.45) is -1.58. The van der Waals surface area contributed by atoms with Gasteiger partial charge in [0.15, 0.2) is 6.61 Å². The van der Waals surface area contributed by atoms with Gasteiger partial charge in [-0.1, -0.05) is 0 Å². The fraction of sp³-hybridized carbons (Fsp3) is 0.333. The molecule has 0 aromatic rings. The molecular formula is C3H7MgNaO5. The van der Waals surface area contributed by atoms with E-state index in [1.807, 2.05) is 0 Å². The summed E-state index contributed by atoms with van der Waals surface area (Å²) in [4.78, 5) is 18.9. The van der Waals surface area contributed by atoms with Crippen molar-refractivity contribution in [3.05, 3.63) is 0 Å². The molecule has 0 atom stereocenters. The van der Waals surface area contributed by atoms with Gasteiger partial charge < -0.3 is 19.2 Å². The first-order valence-electron chi connectivity index (χ1n) is 1.70. The molecule has 0 heterocycles. The first kappa shape index (κ1) is 16.9. The van der Waals surface area contributed by atoms with Crippen LogP contribution < -0.4 is 29.6 Å². The molecular weight excluding hydrogens is 163 g/mol. The Labute approximate surface area is 99.6 Å². The quantitative estimate of drug-likeness (QED) is 0.335. The van der Waals surface area contributed by atoms with Gasteiger partial charge in [0.1, 0.15) is 0 Å². The predicted molar refractivity (Wildman–Crippen MR) is 30.7 cm³/mol. The SMILES string of the molecule is O=C(O)COC(=O)O.[H-].[H-].[H-].[Mg+2].[Na+]. The largest absolute Gasteiger partial charge is 2.00 e. The fourth-order valence-electron chi connectivity index (χ4n) is 0.123. The number of hydrogen-bond donors (Lipinski definition) is 2. The van der Waals surface area contributed by atoms with Gasteiger partial charge in [0.2, 0.25) is 0 Å². The number of carbonyl (C=O) groups is 2. The van der Waals surface area contributed by atoms with Gasteiger partial charge in [-0.2, -0.15) is 0 Å². The van der Waals surface area contributed by atoms with Gasteiger partial charge in [0.05, 0.1) is 0 Å². The maximum atomic E-state index is 9.52. The molecule has 0 radical (unpaired) electrons. The third-order valence-electron chi connectivity index (χ3n) is 0.319. The maximum absolute atomic E-state index is 9.52. The van der Waals surface area contributed by atoms with E-state index in [-0.39, 0.29) is 56.9 Å². The number of aliphatic carboxylic acids is 1. The molecule has 0 amide bonds. The Bertz CT molecular complexity index is 112. The Morgan fingerprint density at radius 1 is 1.40 bits per heavy atom. The minimum atomic E-state index is -1.58. The Hall–Kier alpha value is 0.506. The monoisotopic (exact) mass is 170 g/mol. The van der Waals surface area contributed by atoms with E-state index < -0.39 is 18.7 Å². The number of hydrogen-bond acceptors (Lipinski definition) is 3. The Balaban J connectivity index is -0.0000000245. The molecule has 0 aromatic heterocycles. The van der Waals surface area contributed by atoms with Gasteiger partial charge in [0.25, 0.3) is 0 Å². The summed E-state index contributed by atoms with van der Waals surface area (Å²) in [5.74, 6) is -1.30. The molecule has 0 aliphatic rings. The summed E-state index contributed by atoms with van der Waals surface area (Å²) in [7, 11) is 0. The fourth-order valence-corrected chi connectivity index (χ4v) is 0.123. The minimum Gasteiger partial charge on any atom is -1.00 e. The third-order valence-corrected chi connectivity index (χ3v) is 0.319. The zero-order valence-electron chi connectivity index (χ0n) is 8.53. The molecule has 0 aromatic carbocycles. The van der Waals surface area contributed by atoms with Gasteiger partial charge in [-0.25, -0.2) is 9.59 Å². The smallest absolute Gasteiger partial charge is 1.00 e. The first-order valence-corrected chi connectivity index (χ1v) is 1.70. The molecule has 0 rings (SSSR count). The van der Waals surface area contributed by atoms with E-state index in [1.54, 1.807) is 0 Å². The minimum absolute atomic E-state index is 0. The number of rotatable bonds is 2. The van der Waals surface area contributed by atoms with Crippen LogP contribution in [-0.2, 0) is 9.53 Å². The van der Waals surface area contributed by atoms with E-state index >= 15 is 0 Å². The molecule has 7 heteroatoms. The molecule has 0 saturated carbocycles. The van der Waals surface area contributed by atoms with Crippen molar-refractivity contribution in [3.63, 3.8) is 0 Å². The second-order valence-electron chi connectivity index (χ2n) is 0.948. The zero-order chi connectivity index (χ0) is 6.57. The van der Waals surface area contributed by atoms with Crippen molar-refractivity contribution in [1.29, 1.82) is 0 Å².